The molecular weight excluding hydrogens is 1340 g/mol. The molecule has 1 unspecified atom stereocenters. The first kappa shape index (κ1) is 78.5. The van der Waals surface area contributed by atoms with Crippen LogP contribution in [-0.2, 0) is 47.7 Å². The van der Waals surface area contributed by atoms with Gasteiger partial charge in [-0.05, 0) is 6.92 Å². The Morgan fingerprint density at radius 1 is 0.488 bits per heavy atom. The zero-order valence-electron chi connectivity index (χ0n) is 42.0. The average molecular weight is 1390 g/mol. The molecule has 1 rings (SSSR count). The number of carboxylic acid groups (broad SMARTS) is 3. The number of alkyl halides is 21. The number of halogens is 21. The van der Waals surface area contributed by atoms with Gasteiger partial charge >= 0.3 is 99.4 Å². The number of nitrogens with two attached hydrogens (primary N) is 1. The first-order valence-corrected chi connectivity index (χ1v) is 22.8. The topological polar surface area (TPSA) is 263 Å². The van der Waals surface area contributed by atoms with Gasteiger partial charge in [-0.25, -0.2) is 0 Å². The third-order valence-corrected chi connectivity index (χ3v) is 11.4. The molecule has 3 N–H and O–H groups in total. The monoisotopic (exact) mass is 1390 g/mol. The number of carbonyl (C=O) groups is 6. The van der Waals surface area contributed by atoms with Gasteiger partial charge in [0.25, 0.3) is 5.91 Å². The number of hydrogen-bond donors (Lipinski definition) is 2. The van der Waals surface area contributed by atoms with Crippen LogP contribution in [0, 0.1) is 39.9 Å². The van der Waals surface area contributed by atoms with Crippen molar-refractivity contribution >= 4 is 35.6 Å². The molecule has 1 saturated heterocycles. The number of ether oxygens (including phenoxy) is 4. The Morgan fingerprint density at radius 2 is 0.805 bits per heavy atom. The number of rotatable bonds is 34. The van der Waals surface area contributed by atoms with E-state index in [2.05, 4.69) is 10.1 Å². The van der Waals surface area contributed by atoms with E-state index >= 15 is 0 Å². The van der Waals surface area contributed by atoms with Crippen molar-refractivity contribution in [3.8, 4) is 0 Å². The van der Waals surface area contributed by atoms with Crippen LogP contribution in [0.4, 0.5) is 92.2 Å². The Kier molecular flexibility index (Phi) is 30.4. The van der Waals surface area contributed by atoms with Crippen LogP contribution in [0.3, 0.4) is 0 Å². The van der Waals surface area contributed by atoms with Crippen molar-refractivity contribution < 1.29 is 195 Å². The molecule has 0 aliphatic carbocycles. The first-order valence-electron chi connectivity index (χ1n) is 22.8. The van der Waals surface area contributed by atoms with E-state index < -0.39 is 154 Å². The summed E-state index contributed by atoms with van der Waals surface area (Å²) in [4.78, 5) is 79.1. The summed E-state index contributed by atoms with van der Waals surface area (Å²) in [6.45, 7) is -9.63. The minimum atomic E-state index is -9.27. The molecule has 1 heterocycles. The van der Waals surface area contributed by atoms with Crippen LogP contribution < -0.4 is 26.4 Å². The van der Waals surface area contributed by atoms with Crippen LogP contribution in [0.2, 0.25) is 0 Å². The van der Waals surface area contributed by atoms with Gasteiger partial charge in [0.1, 0.15) is 19.8 Å². The molecule has 42 heteroatoms. The molecule has 3 amide bonds. The van der Waals surface area contributed by atoms with Gasteiger partial charge in [-0.2, -0.15) is 92.2 Å². The molecule has 20 nitrogen and oxygen atoms in total. The van der Waals surface area contributed by atoms with Gasteiger partial charge in [-0.3, -0.25) is 38.9 Å². The van der Waals surface area contributed by atoms with Crippen LogP contribution in [0.15, 0.2) is 0 Å². The summed E-state index contributed by atoms with van der Waals surface area (Å²) < 4.78 is 304. The maximum atomic E-state index is 14.1. The van der Waals surface area contributed by atoms with E-state index in [9.17, 15) is 136 Å². The minimum absolute atomic E-state index is 0. The third-order valence-electron chi connectivity index (χ3n) is 11.4. The molecule has 0 saturated carbocycles. The molecule has 0 aromatic rings. The number of primary amides is 1. The van der Waals surface area contributed by atoms with Crippen molar-refractivity contribution in [1.29, 1.82) is 0 Å². The molecule has 1 atom stereocenters. The predicted molar refractivity (Wildman–Crippen MR) is 218 cm³/mol. The zero-order chi connectivity index (χ0) is 63.0. The van der Waals surface area contributed by atoms with Crippen molar-refractivity contribution in [2.45, 2.75) is 72.4 Å². The van der Waals surface area contributed by atoms with Crippen molar-refractivity contribution in [2.24, 2.45) is 5.73 Å². The fourth-order valence-electron chi connectivity index (χ4n) is 6.76. The van der Waals surface area contributed by atoms with Crippen LogP contribution in [0.25, 0.3) is 0 Å². The molecule has 1 radical (unpaired) electrons. The van der Waals surface area contributed by atoms with E-state index in [1.165, 1.54) is 26.5 Å². The Bertz CT molecular complexity index is 2060. The fraction of sp³-hybridized carbons (Fsp3) is 0.850. The van der Waals surface area contributed by atoms with E-state index in [0.717, 1.165) is 0 Å². The van der Waals surface area contributed by atoms with Crippen molar-refractivity contribution in [3.05, 3.63) is 0 Å². The van der Waals surface area contributed by atoms with Crippen molar-refractivity contribution in [1.82, 2.24) is 29.8 Å². The summed E-state index contributed by atoms with van der Waals surface area (Å²) in [6, 6.07) is -1.26. The molecule has 1 aliphatic heterocycles. The Balaban J connectivity index is 0.0000656. The SMILES string of the molecule is CC(C(=O)N(CC(N)=O)C(=O)COCCOCCOCCNCCOCC(F)(F)C(F)(F)C(F)(F)C(F)(F)C(F)(F)C(F)(F)C(F)(F)C(F)(F)C(F)(F)C(F)(F)F)N1CCN(CC(=O)[O-])CCN(CC(=O)[O-])CCN(CC(=O)[O-])CC1.[Gd+3]. The van der Waals surface area contributed by atoms with E-state index in [4.69, 9.17) is 19.9 Å². The minimum Gasteiger partial charge on any atom is -0.549 e. The normalized spacial score (nSPS) is 16.9. The van der Waals surface area contributed by atoms with E-state index in [1.54, 1.807) is 0 Å². The summed E-state index contributed by atoms with van der Waals surface area (Å²) in [6.07, 6.45) is -8.08. The van der Waals surface area contributed by atoms with E-state index in [0.29, 0.717) is 4.90 Å². The summed E-state index contributed by atoms with van der Waals surface area (Å²) in [7, 11) is 0. The van der Waals surface area contributed by atoms with Gasteiger partial charge in [-0.1, -0.05) is 0 Å². The molecule has 0 aromatic heterocycles. The fourth-order valence-corrected chi connectivity index (χ4v) is 6.76. The van der Waals surface area contributed by atoms with Gasteiger partial charge in [0.2, 0.25) is 11.8 Å². The number of nitrogens with one attached hydrogen (secondary N) is 1. The second-order valence-corrected chi connectivity index (χ2v) is 17.3. The largest absolute Gasteiger partial charge is 3.00 e. The number of hydrogen-bond acceptors (Lipinski definition) is 18. The van der Waals surface area contributed by atoms with Gasteiger partial charge in [0.15, 0.2) is 0 Å². The molecule has 0 aromatic carbocycles. The molecule has 1 fully saturated rings. The third kappa shape index (κ3) is 19.8. The summed E-state index contributed by atoms with van der Waals surface area (Å²) in [5.74, 6) is -85.7. The number of nitrogens with zero attached hydrogens (tertiary/aromatic N) is 5. The summed E-state index contributed by atoms with van der Waals surface area (Å²) in [5.41, 5.74) is 5.27. The molecule has 1 aliphatic rings. The Hall–Kier alpha value is -3.49. The molecule has 82 heavy (non-hydrogen) atoms. The maximum Gasteiger partial charge on any atom is 3.00 e. The number of amides is 3. The number of carbonyl (C=O) groups excluding carboxylic acids is 6. The first-order chi connectivity index (χ1) is 36.7. The van der Waals surface area contributed by atoms with Crippen LogP contribution in [0.5, 0.6) is 0 Å². The van der Waals surface area contributed by atoms with Gasteiger partial charge in [0, 0.05) is 85.1 Å². The number of imide groups is 1. The zero-order valence-corrected chi connectivity index (χ0v) is 44.3. The van der Waals surface area contributed by atoms with Gasteiger partial charge in [-0.15, -0.1) is 0 Å². The van der Waals surface area contributed by atoms with Crippen molar-refractivity contribution in [3.63, 3.8) is 0 Å². The second-order valence-electron chi connectivity index (χ2n) is 17.3. The van der Waals surface area contributed by atoms with Gasteiger partial charge in [0.05, 0.1) is 63.6 Å². The van der Waals surface area contributed by atoms with E-state index in [-0.39, 0.29) is 132 Å². The Morgan fingerprint density at radius 3 is 1.16 bits per heavy atom. The predicted octanol–water partition coefficient (Wildman–Crippen LogP) is -1.38. The van der Waals surface area contributed by atoms with Crippen LogP contribution in [0.1, 0.15) is 6.92 Å². The molecule has 0 bridgehead atoms. The van der Waals surface area contributed by atoms with Gasteiger partial charge < -0.3 is 59.7 Å². The van der Waals surface area contributed by atoms with Crippen molar-refractivity contribution in [2.75, 3.05) is 144 Å². The Labute approximate surface area is 481 Å². The van der Waals surface area contributed by atoms with E-state index in [1.807, 2.05) is 0 Å². The smallest absolute Gasteiger partial charge is 0.549 e. The molecule has 479 valence electrons. The second kappa shape index (κ2) is 31.8. The average Bonchev–Trinajstić information content (AvgIpc) is 3.32. The molecular formula is C40H51F21GdN7O13. The van der Waals surface area contributed by atoms with Crippen LogP contribution in [-0.4, -0.2) is 270 Å². The van der Waals surface area contributed by atoms with Crippen LogP contribution >= 0.6 is 0 Å². The number of carboxylic acids is 3. The molecule has 0 spiro atoms. The standard InChI is InChI=1S/C40H54F21N7O13.Gd/c1-24(67-10-8-65(20-28(73)74)6-4-64(19-27(71)72)5-7-66(9-11-67)21-29(75)76)30(77)68(18-25(62)69)26(70)22-80-17-16-79-15-14-78-12-2-63-3-13-81-23-31(41,42)32(43,44)33(45,46)34(47,48)35(49,50)36(51,52)37(53,54)38(55,56)39(57,58)40(59,60)61;/h24,63H,2-23H2,1H3,(H2,62,69)(H,71,72)(H,73,74)(H,75,76);/q;+3/p-3. The summed E-state index contributed by atoms with van der Waals surface area (Å²) in [5, 5.41) is 36.5. The number of aliphatic carboxylic acids is 3. The quantitative estimate of drug-likeness (QED) is 0.0556. The maximum absolute atomic E-state index is 14.1. The summed E-state index contributed by atoms with van der Waals surface area (Å²) >= 11 is 0.